The molecule has 0 spiro atoms. The molecule has 0 N–H and O–H groups in total. The molecule has 3 aliphatic rings. The molecule has 0 saturated heterocycles. The molecule has 0 amide bonds. The topological polar surface area (TPSA) is 8.17 Å². The van der Waals surface area contributed by atoms with Crippen molar-refractivity contribution < 1.29 is 0 Å². The van der Waals surface area contributed by atoms with E-state index in [1.54, 1.807) is 0 Å². The summed E-state index contributed by atoms with van der Waals surface area (Å²) in [5, 5.41) is 8.37. The molecule has 1 unspecified atom stereocenters. The van der Waals surface area contributed by atoms with Crippen molar-refractivity contribution in [2.75, 3.05) is 4.90 Å². The van der Waals surface area contributed by atoms with Gasteiger partial charge in [-0.1, -0.05) is 152 Å². The van der Waals surface area contributed by atoms with Gasteiger partial charge in [0.1, 0.15) is 0 Å². The van der Waals surface area contributed by atoms with E-state index in [2.05, 4.69) is 210 Å². The molecular weight excluding hydrogens is 737 g/mol. The molecule has 9 aromatic rings. The van der Waals surface area contributed by atoms with Gasteiger partial charge >= 0.3 is 0 Å². The van der Waals surface area contributed by atoms with E-state index in [1.807, 2.05) is 11.3 Å². The molecule has 2 aromatic heterocycles. The number of thiophene rings is 1. The lowest BCUT2D eigenvalue weighted by Crippen LogP contribution is -2.74. The first kappa shape index (κ1) is 33.7. The number of benzene rings is 7. The molecule has 7 aromatic carbocycles. The molecule has 12 rings (SSSR count). The average Bonchev–Trinajstić information content (AvgIpc) is 3.96. The standard InChI is InChI=1S/C54H40N2SSi/c1-4-16-37(17-5-1)55-49-25-13-11-23-44(49)48-36-42(32-35-51(48)55)58(39-18-6-2-7-19-39,40-20-8-3-9-21-40)41-30-28-38(29-31-41)56-50-26-14-10-22-43(50)46-33-34-47-45-24-12-15-27-52(45)57-54(47)53(46)56/h1-22,24-32,35-36,44H,23,33-34H2. The summed E-state index contributed by atoms with van der Waals surface area (Å²) in [5.41, 5.74) is 12.1. The summed E-state index contributed by atoms with van der Waals surface area (Å²) >= 11 is 1.96. The van der Waals surface area contributed by atoms with Gasteiger partial charge in [0.25, 0.3) is 0 Å². The van der Waals surface area contributed by atoms with Crippen molar-refractivity contribution in [3.8, 4) is 16.3 Å². The number of nitrogens with zero attached hydrogens (tertiary/aromatic N) is 2. The third-order valence-corrected chi connectivity index (χ3v) is 19.0. The summed E-state index contributed by atoms with van der Waals surface area (Å²) in [4.78, 5) is 3.91. The van der Waals surface area contributed by atoms with Crippen LogP contribution in [-0.2, 0) is 12.8 Å². The number of anilines is 2. The molecule has 0 radical (unpaired) electrons. The van der Waals surface area contributed by atoms with Crippen LogP contribution in [0.25, 0.3) is 37.2 Å². The number of aryl methyl sites for hydroxylation is 2. The van der Waals surface area contributed by atoms with Crippen LogP contribution in [0.5, 0.6) is 0 Å². The molecule has 1 aliphatic heterocycles. The first-order valence-corrected chi connectivity index (χ1v) is 23.3. The predicted molar refractivity (Wildman–Crippen MR) is 248 cm³/mol. The van der Waals surface area contributed by atoms with Gasteiger partial charge in [0.15, 0.2) is 8.07 Å². The van der Waals surface area contributed by atoms with E-state index >= 15 is 0 Å². The van der Waals surface area contributed by atoms with Gasteiger partial charge in [0.2, 0.25) is 0 Å². The Morgan fingerprint density at radius 1 is 0.534 bits per heavy atom. The normalized spacial score (nSPS) is 15.6. The SMILES string of the molecule is C1=CCC2C(=C1)N(c1ccccc1)c1ccc([Si](c3ccccc3)(c3ccccc3)c3ccc(-n4c5c(c6ccccc64)CCc4c-5sc5ccccc45)cc3)cc12. The van der Waals surface area contributed by atoms with E-state index in [0.29, 0.717) is 5.92 Å². The van der Waals surface area contributed by atoms with E-state index in [1.165, 1.54) is 91.8 Å². The fourth-order valence-electron chi connectivity index (χ4n) is 10.5. The monoisotopic (exact) mass is 776 g/mol. The number of hydrogen-bond acceptors (Lipinski definition) is 2. The Bertz CT molecular complexity index is 3040. The number of aromatic nitrogens is 1. The third-order valence-electron chi connectivity index (χ3n) is 13.0. The van der Waals surface area contributed by atoms with E-state index in [9.17, 15) is 0 Å². The summed E-state index contributed by atoms with van der Waals surface area (Å²) in [6.45, 7) is 0. The van der Waals surface area contributed by atoms with Crippen LogP contribution < -0.4 is 25.6 Å². The van der Waals surface area contributed by atoms with Crippen molar-refractivity contribution in [2.24, 2.45) is 0 Å². The quantitative estimate of drug-likeness (QED) is 0.121. The smallest absolute Gasteiger partial charge is 0.179 e. The fraction of sp³-hybridized carbons (Fsp3) is 0.0741. The zero-order chi connectivity index (χ0) is 38.2. The molecular formula is C54H40N2SSi. The summed E-state index contributed by atoms with van der Waals surface area (Å²) in [5.74, 6) is 0.313. The Morgan fingerprint density at radius 2 is 1.16 bits per heavy atom. The second kappa shape index (κ2) is 13.3. The molecule has 0 fully saturated rings. The maximum absolute atomic E-state index is 2.83. The summed E-state index contributed by atoms with van der Waals surface area (Å²) < 4.78 is 3.94. The van der Waals surface area contributed by atoms with Crippen LogP contribution in [0.1, 0.15) is 29.0 Å². The van der Waals surface area contributed by atoms with Gasteiger partial charge in [-0.25, -0.2) is 0 Å². The molecule has 0 saturated carbocycles. The lowest BCUT2D eigenvalue weighted by molar-refractivity contribution is 0.820. The van der Waals surface area contributed by atoms with Gasteiger partial charge in [0.05, 0.1) is 16.1 Å². The highest BCUT2D eigenvalue weighted by molar-refractivity contribution is 7.22. The van der Waals surface area contributed by atoms with Gasteiger partial charge in [0, 0.05) is 38.8 Å². The van der Waals surface area contributed by atoms with Gasteiger partial charge in [-0.15, -0.1) is 11.3 Å². The number of allylic oxidation sites excluding steroid dienone is 4. The minimum atomic E-state index is -2.83. The molecule has 2 aliphatic carbocycles. The van der Waals surface area contributed by atoms with Gasteiger partial charge in [-0.05, 0) is 111 Å². The maximum Gasteiger partial charge on any atom is 0.179 e. The fourth-order valence-corrected chi connectivity index (χ4v) is 16.6. The van der Waals surface area contributed by atoms with Crippen molar-refractivity contribution in [2.45, 2.75) is 25.2 Å². The number of hydrogen-bond donors (Lipinski definition) is 0. The molecule has 3 heterocycles. The summed E-state index contributed by atoms with van der Waals surface area (Å²) in [6.07, 6.45) is 10.0. The Balaban J connectivity index is 1.08. The molecule has 0 bridgehead atoms. The minimum Gasteiger partial charge on any atom is -0.313 e. The second-order valence-electron chi connectivity index (χ2n) is 15.9. The minimum absolute atomic E-state index is 0.313. The van der Waals surface area contributed by atoms with E-state index in [4.69, 9.17) is 0 Å². The van der Waals surface area contributed by atoms with Crippen molar-refractivity contribution in [3.63, 3.8) is 0 Å². The number of para-hydroxylation sites is 2. The van der Waals surface area contributed by atoms with Crippen LogP contribution >= 0.6 is 11.3 Å². The van der Waals surface area contributed by atoms with E-state index < -0.39 is 8.07 Å². The molecule has 276 valence electrons. The highest BCUT2D eigenvalue weighted by atomic mass is 32.1. The highest BCUT2D eigenvalue weighted by Crippen LogP contribution is 2.51. The molecule has 58 heavy (non-hydrogen) atoms. The Morgan fingerprint density at radius 3 is 1.91 bits per heavy atom. The molecule has 1 atom stereocenters. The highest BCUT2D eigenvalue weighted by Gasteiger charge is 2.44. The zero-order valence-corrected chi connectivity index (χ0v) is 33.9. The zero-order valence-electron chi connectivity index (χ0n) is 32.1. The van der Waals surface area contributed by atoms with Crippen LogP contribution in [0.2, 0.25) is 0 Å². The maximum atomic E-state index is 2.59. The van der Waals surface area contributed by atoms with Gasteiger partial charge < -0.3 is 9.47 Å². The molecule has 2 nitrogen and oxygen atoms in total. The Kier molecular flexibility index (Phi) is 7.72. The van der Waals surface area contributed by atoms with Crippen molar-refractivity contribution in [1.29, 1.82) is 0 Å². The average molecular weight is 777 g/mol. The largest absolute Gasteiger partial charge is 0.313 e. The van der Waals surface area contributed by atoms with Crippen LogP contribution in [0.3, 0.4) is 0 Å². The Labute approximate surface area is 344 Å². The second-order valence-corrected chi connectivity index (χ2v) is 20.7. The lowest BCUT2D eigenvalue weighted by atomic mass is 9.92. The lowest BCUT2D eigenvalue weighted by Gasteiger charge is -2.35. The van der Waals surface area contributed by atoms with Crippen LogP contribution in [0, 0.1) is 0 Å². The third kappa shape index (κ3) is 4.89. The summed E-state index contributed by atoms with van der Waals surface area (Å²) in [6, 6.07) is 68.9. The Hall–Kier alpha value is -6.46. The predicted octanol–water partition coefficient (Wildman–Crippen LogP) is 11.1. The van der Waals surface area contributed by atoms with Crippen LogP contribution in [0.4, 0.5) is 11.4 Å². The first-order valence-electron chi connectivity index (χ1n) is 20.5. The van der Waals surface area contributed by atoms with E-state index in [-0.39, 0.29) is 0 Å². The number of rotatable bonds is 6. The van der Waals surface area contributed by atoms with Crippen LogP contribution in [-0.4, -0.2) is 12.6 Å². The van der Waals surface area contributed by atoms with Crippen molar-refractivity contribution in [1.82, 2.24) is 4.57 Å². The van der Waals surface area contributed by atoms with Crippen molar-refractivity contribution >= 4 is 72.5 Å². The molecule has 4 heteroatoms. The summed E-state index contributed by atoms with van der Waals surface area (Å²) in [7, 11) is -2.83. The van der Waals surface area contributed by atoms with Gasteiger partial charge in [-0.3, -0.25) is 0 Å². The van der Waals surface area contributed by atoms with E-state index in [0.717, 1.165) is 19.3 Å². The first-order chi connectivity index (χ1) is 28.8. The number of fused-ring (bicyclic) bond motifs is 10. The van der Waals surface area contributed by atoms with Crippen LogP contribution in [0.15, 0.2) is 206 Å². The van der Waals surface area contributed by atoms with Gasteiger partial charge in [-0.2, -0.15) is 0 Å². The van der Waals surface area contributed by atoms with Crippen molar-refractivity contribution in [3.05, 3.63) is 223 Å².